The van der Waals surface area contributed by atoms with Crippen LogP contribution in [0, 0.1) is 0 Å². The maximum atomic E-state index is 11.9. The Bertz CT molecular complexity index is 497. The second-order valence-corrected chi connectivity index (χ2v) is 3.45. The number of halogens is 3. The minimum Gasteiger partial charge on any atom is -0.337 e. The number of hydrogen-bond donors (Lipinski definition) is 1. The number of alkyl halides is 3. The Morgan fingerprint density at radius 3 is 2.78 bits per heavy atom. The Morgan fingerprint density at radius 1 is 1.28 bits per heavy atom. The zero-order chi connectivity index (χ0) is 13.0. The molecule has 0 saturated heterocycles. The Morgan fingerprint density at radius 2 is 2.11 bits per heavy atom. The third-order valence-corrected chi connectivity index (χ3v) is 1.96. The smallest absolute Gasteiger partial charge is 0.337 e. The molecule has 0 aliphatic rings. The fourth-order valence-electron chi connectivity index (χ4n) is 1.24. The average molecular weight is 258 g/mol. The third-order valence-electron chi connectivity index (χ3n) is 1.96. The van der Waals surface area contributed by atoms with Crippen LogP contribution in [0.2, 0.25) is 0 Å². The lowest BCUT2D eigenvalue weighted by Gasteiger charge is -2.05. The van der Waals surface area contributed by atoms with Gasteiger partial charge in [0.05, 0.1) is 13.1 Å². The summed E-state index contributed by atoms with van der Waals surface area (Å²) in [6.07, 6.45) is -2.70. The van der Waals surface area contributed by atoms with E-state index in [4.69, 9.17) is 4.52 Å². The first-order valence-corrected chi connectivity index (χ1v) is 5.06. The van der Waals surface area contributed by atoms with Gasteiger partial charge in [0.15, 0.2) is 0 Å². The molecule has 0 aliphatic carbocycles. The first kappa shape index (κ1) is 12.5. The van der Waals surface area contributed by atoms with E-state index in [-0.39, 0.29) is 18.3 Å². The molecule has 0 aliphatic heterocycles. The van der Waals surface area contributed by atoms with Gasteiger partial charge in [-0.3, -0.25) is 4.98 Å². The molecule has 18 heavy (non-hydrogen) atoms. The van der Waals surface area contributed by atoms with Gasteiger partial charge < -0.3 is 9.84 Å². The van der Waals surface area contributed by atoms with E-state index < -0.39 is 12.7 Å². The van der Waals surface area contributed by atoms with Crippen molar-refractivity contribution in [3.05, 3.63) is 30.3 Å². The van der Waals surface area contributed by atoms with E-state index in [1.54, 1.807) is 24.4 Å². The molecule has 96 valence electrons. The molecule has 0 bridgehead atoms. The molecule has 1 N–H and O–H groups in total. The van der Waals surface area contributed by atoms with Crippen LogP contribution < -0.4 is 5.32 Å². The topological polar surface area (TPSA) is 63.8 Å². The highest BCUT2D eigenvalue weighted by Gasteiger charge is 2.26. The SMILES string of the molecule is FC(F)(F)CNCc1nc(-c2ccccn2)no1. The van der Waals surface area contributed by atoms with Gasteiger partial charge in [-0.1, -0.05) is 11.2 Å². The van der Waals surface area contributed by atoms with Gasteiger partial charge in [0.1, 0.15) is 5.69 Å². The summed E-state index contributed by atoms with van der Waals surface area (Å²) in [6.45, 7) is -1.24. The highest BCUT2D eigenvalue weighted by Crippen LogP contribution is 2.14. The van der Waals surface area contributed by atoms with Gasteiger partial charge >= 0.3 is 6.18 Å². The van der Waals surface area contributed by atoms with Crippen molar-refractivity contribution in [1.82, 2.24) is 20.4 Å². The lowest BCUT2D eigenvalue weighted by Crippen LogP contribution is -2.28. The minimum absolute atomic E-state index is 0.0832. The highest BCUT2D eigenvalue weighted by molar-refractivity contribution is 5.46. The van der Waals surface area contributed by atoms with Gasteiger partial charge in [-0.2, -0.15) is 18.2 Å². The van der Waals surface area contributed by atoms with E-state index >= 15 is 0 Å². The third kappa shape index (κ3) is 3.52. The molecule has 2 aromatic rings. The van der Waals surface area contributed by atoms with Crippen molar-refractivity contribution < 1.29 is 17.7 Å². The Labute approximate surface area is 100 Å². The van der Waals surface area contributed by atoms with Gasteiger partial charge in [-0.05, 0) is 12.1 Å². The fourth-order valence-corrected chi connectivity index (χ4v) is 1.24. The van der Waals surface area contributed by atoms with Crippen molar-refractivity contribution in [2.24, 2.45) is 0 Å². The number of nitrogens with one attached hydrogen (secondary N) is 1. The van der Waals surface area contributed by atoms with Gasteiger partial charge in [0.25, 0.3) is 0 Å². The van der Waals surface area contributed by atoms with Crippen molar-refractivity contribution in [2.75, 3.05) is 6.54 Å². The molecule has 0 saturated carbocycles. The van der Waals surface area contributed by atoms with Crippen LogP contribution in [0.1, 0.15) is 5.89 Å². The van der Waals surface area contributed by atoms with Crippen molar-refractivity contribution in [1.29, 1.82) is 0 Å². The molecule has 0 spiro atoms. The molecule has 0 radical (unpaired) electrons. The summed E-state index contributed by atoms with van der Waals surface area (Å²) in [5.41, 5.74) is 0.503. The van der Waals surface area contributed by atoms with Crippen LogP contribution in [0.25, 0.3) is 11.5 Å². The monoisotopic (exact) mass is 258 g/mol. The van der Waals surface area contributed by atoms with Crippen molar-refractivity contribution >= 4 is 0 Å². The molecule has 0 atom stereocenters. The molecule has 0 amide bonds. The minimum atomic E-state index is -4.26. The summed E-state index contributed by atoms with van der Waals surface area (Å²) >= 11 is 0. The van der Waals surface area contributed by atoms with Crippen LogP contribution in [-0.4, -0.2) is 27.8 Å². The van der Waals surface area contributed by atoms with Crippen molar-refractivity contribution in [3.63, 3.8) is 0 Å². The van der Waals surface area contributed by atoms with Crippen LogP contribution >= 0.6 is 0 Å². The van der Waals surface area contributed by atoms with E-state index in [0.717, 1.165) is 0 Å². The number of rotatable bonds is 4. The lowest BCUT2D eigenvalue weighted by atomic mass is 10.3. The Kier molecular flexibility index (Phi) is 3.56. The summed E-state index contributed by atoms with van der Waals surface area (Å²) < 4.78 is 40.5. The van der Waals surface area contributed by atoms with Crippen LogP contribution in [0.3, 0.4) is 0 Å². The lowest BCUT2D eigenvalue weighted by molar-refractivity contribution is -0.125. The first-order chi connectivity index (χ1) is 8.54. The van der Waals surface area contributed by atoms with Crippen molar-refractivity contribution in [2.45, 2.75) is 12.7 Å². The maximum absolute atomic E-state index is 11.9. The first-order valence-electron chi connectivity index (χ1n) is 5.06. The van der Waals surface area contributed by atoms with E-state index in [1.165, 1.54) is 0 Å². The maximum Gasteiger partial charge on any atom is 0.401 e. The van der Waals surface area contributed by atoms with E-state index in [9.17, 15) is 13.2 Å². The number of hydrogen-bond acceptors (Lipinski definition) is 5. The molecule has 2 aromatic heterocycles. The predicted octanol–water partition coefficient (Wildman–Crippen LogP) is 1.78. The van der Waals surface area contributed by atoms with Gasteiger partial charge in [0.2, 0.25) is 11.7 Å². The second-order valence-electron chi connectivity index (χ2n) is 3.45. The van der Waals surface area contributed by atoms with Crippen LogP contribution in [0.15, 0.2) is 28.9 Å². The molecular formula is C10H9F3N4O. The number of aromatic nitrogens is 3. The summed E-state index contributed by atoms with van der Waals surface area (Å²) in [5, 5.41) is 5.80. The normalized spacial score (nSPS) is 11.7. The standard InChI is InChI=1S/C10H9F3N4O/c11-10(12,13)6-14-5-8-16-9(17-18-8)7-3-1-2-4-15-7/h1-4,14H,5-6H2. The average Bonchev–Trinajstić information content (AvgIpc) is 2.77. The summed E-state index contributed by atoms with van der Waals surface area (Å²) in [4.78, 5) is 7.93. The van der Waals surface area contributed by atoms with E-state index in [0.29, 0.717) is 5.69 Å². The molecule has 8 heteroatoms. The fraction of sp³-hybridized carbons (Fsp3) is 0.300. The summed E-state index contributed by atoms with van der Waals surface area (Å²) in [5.74, 6) is 0.333. The summed E-state index contributed by atoms with van der Waals surface area (Å²) in [6, 6.07) is 5.16. The molecular weight excluding hydrogens is 249 g/mol. The van der Waals surface area contributed by atoms with Gasteiger partial charge in [-0.25, -0.2) is 0 Å². The zero-order valence-corrected chi connectivity index (χ0v) is 9.11. The molecule has 2 heterocycles. The molecule has 0 fully saturated rings. The number of pyridine rings is 1. The quantitative estimate of drug-likeness (QED) is 0.905. The zero-order valence-electron chi connectivity index (χ0n) is 9.11. The van der Waals surface area contributed by atoms with E-state index in [1.807, 2.05) is 0 Å². The van der Waals surface area contributed by atoms with Gasteiger partial charge in [-0.15, -0.1) is 0 Å². The van der Waals surface area contributed by atoms with Crippen LogP contribution in [0.4, 0.5) is 13.2 Å². The molecule has 5 nitrogen and oxygen atoms in total. The van der Waals surface area contributed by atoms with Crippen LogP contribution in [-0.2, 0) is 6.54 Å². The Hall–Kier alpha value is -1.96. The van der Waals surface area contributed by atoms with Gasteiger partial charge in [0, 0.05) is 6.20 Å². The second kappa shape index (κ2) is 5.13. The van der Waals surface area contributed by atoms with Crippen LogP contribution in [0.5, 0.6) is 0 Å². The molecule has 0 unspecified atom stereocenters. The largest absolute Gasteiger partial charge is 0.401 e. The number of nitrogens with zero attached hydrogens (tertiary/aromatic N) is 3. The molecule has 2 rings (SSSR count). The molecule has 0 aromatic carbocycles. The predicted molar refractivity (Wildman–Crippen MR) is 55.3 cm³/mol. The Balaban J connectivity index is 1.95. The van der Waals surface area contributed by atoms with E-state index in [2.05, 4.69) is 20.4 Å². The highest BCUT2D eigenvalue weighted by atomic mass is 19.4. The summed E-state index contributed by atoms with van der Waals surface area (Å²) in [7, 11) is 0. The van der Waals surface area contributed by atoms with Crippen molar-refractivity contribution in [3.8, 4) is 11.5 Å².